The summed E-state index contributed by atoms with van der Waals surface area (Å²) in [5, 5.41) is 0. The van der Waals surface area contributed by atoms with Crippen LogP contribution in [0.25, 0.3) is 0 Å². The van der Waals surface area contributed by atoms with Crippen molar-refractivity contribution in [1.29, 1.82) is 0 Å². The van der Waals surface area contributed by atoms with Crippen molar-refractivity contribution < 1.29 is 4.74 Å². The summed E-state index contributed by atoms with van der Waals surface area (Å²) in [5.41, 5.74) is 0. The monoisotopic (exact) mass is 166 g/mol. The lowest BCUT2D eigenvalue weighted by Gasteiger charge is -2.06. The Hall–Kier alpha value is 0.540. The van der Waals surface area contributed by atoms with Gasteiger partial charge in [-0.2, -0.15) is 0 Å². The lowest BCUT2D eigenvalue weighted by atomic mass is 10.2. The van der Waals surface area contributed by atoms with Crippen molar-refractivity contribution in [3.63, 3.8) is 0 Å². The van der Waals surface area contributed by atoms with E-state index in [0.29, 0.717) is 5.92 Å². The molecule has 0 spiro atoms. The fourth-order valence-corrected chi connectivity index (χ4v) is 2.19. The molecule has 52 valence electrons. The molecule has 1 aliphatic carbocycles. The Bertz CT molecular complexity index is 121. The summed E-state index contributed by atoms with van der Waals surface area (Å²) in [5.74, 6) is 0.426. The van der Waals surface area contributed by atoms with Crippen molar-refractivity contribution in [3.05, 3.63) is 0 Å². The van der Waals surface area contributed by atoms with Crippen LogP contribution < -0.4 is 0 Å². The molecule has 2 unspecified atom stereocenters. The predicted molar refractivity (Wildman–Crippen MR) is 36.9 cm³/mol. The predicted octanol–water partition coefficient (Wildman–Crippen LogP) is 1.97. The van der Waals surface area contributed by atoms with Crippen LogP contribution in [0.4, 0.5) is 0 Å². The van der Waals surface area contributed by atoms with Gasteiger partial charge in [-0.25, -0.2) is 0 Å². The van der Waals surface area contributed by atoms with E-state index in [-0.39, 0.29) is 6.10 Å². The quantitative estimate of drug-likeness (QED) is 0.501. The Morgan fingerprint density at radius 2 is 2.22 bits per heavy atom. The van der Waals surface area contributed by atoms with Gasteiger partial charge in [0.25, 0.3) is 0 Å². The Labute approximate surface area is 64.3 Å². The maximum atomic E-state index is 5.85. The highest BCUT2D eigenvalue weighted by Crippen LogP contribution is 2.59. The Morgan fingerprint density at radius 3 is 2.67 bits per heavy atom. The van der Waals surface area contributed by atoms with Crippen molar-refractivity contribution in [1.82, 2.24) is 0 Å². The van der Waals surface area contributed by atoms with Crippen LogP contribution in [0.1, 0.15) is 12.8 Å². The smallest absolute Gasteiger partial charge is 0.149 e. The first-order valence-electron chi connectivity index (χ1n) is 3.22. The second-order valence-electron chi connectivity index (χ2n) is 2.71. The molecule has 1 saturated carbocycles. The van der Waals surface area contributed by atoms with Gasteiger partial charge < -0.3 is 4.74 Å². The van der Waals surface area contributed by atoms with Crippen molar-refractivity contribution in [2.45, 2.75) is 23.3 Å². The molecule has 0 N–H and O–H groups in total. The van der Waals surface area contributed by atoms with Gasteiger partial charge in [-0.1, -0.05) is 23.2 Å². The molecule has 1 heterocycles. The molecule has 0 aromatic heterocycles. The van der Waals surface area contributed by atoms with E-state index in [1.807, 2.05) is 0 Å². The highest BCUT2D eigenvalue weighted by molar-refractivity contribution is 6.51. The van der Waals surface area contributed by atoms with E-state index < -0.39 is 4.33 Å². The van der Waals surface area contributed by atoms with Crippen LogP contribution in [0.3, 0.4) is 0 Å². The summed E-state index contributed by atoms with van der Waals surface area (Å²) in [6.45, 7) is 0.836. The molecule has 2 atom stereocenters. The standard InChI is InChI=1S/C6H8Cl2O/c7-6(8)4-2-1-3-9-5(4)6/h4-5H,1-3H2. The number of rotatable bonds is 0. The Balaban J connectivity index is 2.06. The average Bonchev–Trinajstić information content (AvgIpc) is 2.39. The second kappa shape index (κ2) is 1.77. The fraction of sp³-hybridized carbons (Fsp3) is 1.00. The van der Waals surface area contributed by atoms with E-state index in [1.165, 1.54) is 0 Å². The summed E-state index contributed by atoms with van der Waals surface area (Å²) in [4.78, 5) is 0. The molecule has 1 saturated heterocycles. The van der Waals surface area contributed by atoms with E-state index in [2.05, 4.69) is 0 Å². The van der Waals surface area contributed by atoms with Gasteiger partial charge in [0.15, 0.2) is 0 Å². The molecule has 2 rings (SSSR count). The van der Waals surface area contributed by atoms with Crippen LogP contribution in [-0.4, -0.2) is 17.0 Å². The van der Waals surface area contributed by atoms with Crippen LogP contribution in [-0.2, 0) is 4.74 Å². The van der Waals surface area contributed by atoms with Gasteiger partial charge in [0.1, 0.15) is 4.33 Å². The zero-order chi connectivity index (χ0) is 6.48. The van der Waals surface area contributed by atoms with Crippen LogP contribution in [0.5, 0.6) is 0 Å². The Morgan fingerprint density at radius 1 is 1.44 bits per heavy atom. The summed E-state index contributed by atoms with van der Waals surface area (Å²) < 4.78 is 4.77. The van der Waals surface area contributed by atoms with Gasteiger partial charge in [0, 0.05) is 12.5 Å². The van der Waals surface area contributed by atoms with E-state index in [1.54, 1.807) is 0 Å². The number of fused-ring (bicyclic) bond motifs is 1. The lowest BCUT2D eigenvalue weighted by molar-refractivity contribution is 0.0791. The third-order valence-corrected chi connectivity index (χ3v) is 3.08. The minimum atomic E-state index is -0.531. The molecule has 2 aliphatic rings. The van der Waals surface area contributed by atoms with E-state index in [0.717, 1.165) is 19.4 Å². The van der Waals surface area contributed by atoms with Crippen LogP contribution in [0.15, 0.2) is 0 Å². The van der Waals surface area contributed by atoms with Crippen LogP contribution in [0.2, 0.25) is 0 Å². The Kier molecular flexibility index (Phi) is 1.24. The van der Waals surface area contributed by atoms with Gasteiger partial charge >= 0.3 is 0 Å². The molecule has 2 fully saturated rings. The largest absolute Gasteiger partial charge is 0.375 e. The summed E-state index contributed by atoms with van der Waals surface area (Å²) in [7, 11) is 0. The van der Waals surface area contributed by atoms with E-state index in [4.69, 9.17) is 27.9 Å². The summed E-state index contributed by atoms with van der Waals surface area (Å²) in [6.07, 6.45) is 2.40. The summed E-state index contributed by atoms with van der Waals surface area (Å²) in [6, 6.07) is 0. The normalized spacial score (nSPS) is 46.0. The zero-order valence-electron chi connectivity index (χ0n) is 4.94. The third kappa shape index (κ3) is 0.787. The van der Waals surface area contributed by atoms with Gasteiger partial charge in [-0.05, 0) is 12.8 Å². The summed E-state index contributed by atoms with van der Waals surface area (Å²) >= 11 is 11.7. The molecule has 0 amide bonds. The maximum Gasteiger partial charge on any atom is 0.149 e. The van der Waals surface area contributed by atoms with Gasteiger partial charge in [-0.3, -0.25) is 0 Å². The van der Waals surface area contributed by atoms with Crippen LogP contribution >= 0.6 is 23.2 Å². The van der Waals surface area contributed by atoms with E-state index in [9.17, 15) is 0 Å². The molecule has 9 heavy (non-hydrogen) atoms. The minimum Gasteiger partial charge on any atom is -0.375 e. The SMILES string of the molecule is ClC1(Cl)C2CCCOC21. The molecule has 0 aromatic rings. The molecule has 0 aromatic carbocycles. The van der Waals surface area contributed by atoms with Crippen LogP contribution in [0, 0.1) is 5.92 Å². The first kappa shape index (κ1) is 6.26. The highest BCUT2D eigenvalue weighted by Gasteiger charge is 2.65. The van der Waals surface area contributed by atoms with E-state index >= 15 is 0 Å². The number of hydrogen-bond donors (Lipinski definition) is 0. The molecular formula is C6H8Cl2O. The maximum absolute atomic E-state index is 5.85. The topological polar surface area (TPSA) is 9.23 Å². The first-order chi connectivity index (χ1) is 4.23. The average molecular weight is 167 g/mol. The minimum absolute atomic E-state index is 0.148. The third-order valence-electron chi connectivity index (χ3n) is 2.09. The lowest BCUT2D eigenvalue weighted by Crippen LogP contribution is -2.06. The van der Waals surface area contributed by atoms with Crippen molar-refractivity contribution in [2.75, 3.05) is 6.61 Å². The van der Waals surface area contributed by atoms with Gasteiger partial charge in [0.05, 0.1) is 6.10 Å². The fourth-order valence-electron chi connectivity index (χ4n) is 1.44. The van der Waals surface area contributed by atoms with Crippen molar-refractivity contribution in [2.24, 2.45) is 5.92 Å². The molecule has 3 heteroatoms. The number of halogens is 2. The van der Waals surface area contributed by atoms with Gasteiger partial charge in [0.2, 0.25) is 0 Å². The second-order valence-corrected chi connectivity index (χ2v) is 4.16. The molecular weight excluding hydrogens is 159 g/mol. The van der Waals surface area contributed by atoms with Gasteiger partial charge in [-0.15, -0.1) is 0 Å². The number of alkyl halides is 2. The molecule has 1 nitrogen and oxygen atoms in total. The number of ether oxygens (including phenoxy) is 1. The first-order valence-corrected chi connectivity index (χ1v) is 3.98. The highest BCUT2D eigenvalue weighted by atomic mass is 35.5. The molecule has 0 radical (unpaired) electrons. The molecule has 0 bridgehead atoms. The van der Waals surface area contributed by atoms with Crippen molar-refractivity contribution >= 4 is 23.2 Å². The molecule has 1 aliphatic heterocycles. The van der Waals surface area contributed by atoms with Crippen molar-refractivity contribution in [3.8, 4) is 0 Å². The zero-order valence-corrected chi connectivity index (χ0v) is 6.45. The number of hydrogen-bond acceptors (Lipinski definition) is 1.